The quantitative estimate of drug-likeness (QED) is 0.919. The van der Waals surface area contributed by atoms with Gasteiger partial charge in [0.2, 0.25) is 0 Å². The lowest BCUT2D eigenvalue weighted by molar-refractivity contribution is 0.394. The van der Waals surface area contributed by atoms with Gasteiger partial charge in [-0.1, -0.05) is 13.3 Å². The van der Waals surface area contributed by atoms with Gasteiger partial charge in [0.25, 0.3) is 0 Å². The van der Waals surface area contributed by atoms with Crippen LogP contribution in [0.15, 0.2) is 18.2 Å². The van der Waals surface area contributed by atoms with E-state index in [1.165, 1.54) is 0 Å². The molecule has 0 spiro atoms. The third-order valence-electron chi connectivity index (χ3n) is 5.02. The highest BCUT2D eigenvalue weighted by atomic mass is 16.5. The van der Waals surface area contributed by atoms with E-state index in [0.29, 0.717) is 28.8 Å². The number of nitrogens with zero attached hydrogens (tertiary/aromatic N) is 2. The summed E-state index contributed by atoms with van der Waals surface area (Å²) >= 11 is 0. The monoisotopic (exact) mass is 337 g/mol. The highest BCUT2D eigenvalue weighted by Gasteiger charge is 2.26. The highest BCUT2D eigenvalue weighted by Crippen LogP contribution is 2.40. The molecule has 3 rings (SSSR count). The molecule has 0 aliphatic heterocycles. The van der Waals surface area contributed by atoms with E-state index in [-0.39, 0.29) is 0 Å². The first-order valence-electron chi connectivity index (χ1n) is 8.56. The van der Waals surface area contributed by atoms with Crippen molar-refractivity contribution in [3.63, 3.8) is 0 Å². The zero-order valence-electron chi connectivity index (χ0n) is 14.9. The third kappa shape index (κ3) is 3.12. The molecule has 5 nitrogen and oxygen atoms in total. The minimum absolute atomic E-state index is 0.299. The standard InChI is InChI=1S/C20H23N3O2/c1-4-12-5-6-18-16(7-12)19(17(11-21)20(22)23-18)13-8-14(24-2)10-15(9-13)25-3/h8-10,12H,4-7H2,1-3H3,(H2,22,23). The lowest BCUT2D eigenvalue weighted by atomic mass is 9.80. The van der Waals surface area contributed by atoms with Crippen LogP contribution in [0.3, 0.4) is 0 Å². The van der Waals surface area contributed by atoms with Crippen LogP contribution in [-0.4, -0.2) is 19.2 Å². The summed E-state index contributed by atoms with van der Waals surface area (Å²) in [5.41, 5.74) is 10.5. The molecule has 130 valence electrons. The Balaban J connectivity index is 2.28. The molecule has 0 radical (unpaired) electrons. The van der Waals surface area contributed by atoms with Gasteiger partial charge in [-0.15, -0.1) is 0 Å². The predicted octanol–water partition coefficient (Wildman–Crippen LogP) is 3.73. The Morgan fingerprint density at radius 3 is 2.48 bits per heavy atom. The van der Waals surface area contributed by atoms with Gasteiger partial charge in [0.05, 0.1) is 14.2 Å². The van der Waals surface area contributed by atoms with Gasteiger partial charge in [-0.25, -0.2) is 4.98 Å². The lowest BCUT2D eigenvalue weighted by Gasteiger charge is -2.26. The normalized spacial score (nSPS) is 16.0. The molecule has 1 heterocycles. The first kappa shape index (κ1) is 17.1. The summed E-state index contributed by atoms with van der Waals surface area (Å²) in [4.78, 5) is 4.52. The Labute approximate surface area is 148 Å². The average Bonchev–Trinajstić information content (AvgIpc) is 2.65. The summed E-state index contributed by atoms with van der Waals surface area (Å²) in [7, 11) is 3.24. The molecule has 2 aromatic rings. The van der Waals surface area contributed by atoms with Crippen molar-refractivity contribution in [3.8, 4) is 28.7 Å². The molecule has 5 heteroatoms. The van der Waals surface area contributed by atoms with Gasteiger partial charge in [-0.05, 0) is 48.4 Å². The predicted molar refractivity (Wildman–Crippen MR) is 97.7 cm³/mol. The molecular weight excluding hydrogens is 314 g/mol. The number of fused-ring (bicyclic) bond motifs is 1. The number of aryl methyl sites for hydroxylation is 1. The number of benzene rings is 1. The zero-order valence-corrected chi connectivity index (χ0v) is 14.9. The van der Waals surface area contributed by atoms with Gasteiger partial charge in [0.1, 0.15) is 28.9 Å². The van der Waals surface area contributed by atoms with Crippen LogP contribution in [0.5, 0.6) is 11.5 Å². The Hall–Kier alpha value is -2.74. The first-order chi connectivity index (χ1) is 12.1. The van der Waals surface area contributed by atoms with E-state index in [0.717, 1.165) is 48.1 Å². The number of nitrogens with two attached hydrogens (primary N) is 1. The minimum Gasteiger partial charge on any atom is -0.497 e. The smallest absolute Gasteiger partial charge is 0.142 e. The van der Waals surface area contributed by atoms with Crippen LogP contribution >= 0.6 is 0 Å². The van der Waals surface area contributed by atoms with Crippen LogP contribution in [-0.2, 0) is 12.8 Å². The van der Waals surface area contributed by atoms with Gasteiger partial charge in [0, 0.05) is 17.3 Å². The van der Waals surface area contributed by atoms with E-state index in [1.54, 1.807) is 14.2 Å². The van der Waals surface area contributed by atoms with E-state index in [9.17, 15) is 5.26 Å². The topological polar surface area (TPSA) is 81.2 Å². The number of hydrogen-bond donors (Lipinski definition) is 1. The molecule has 1 aliphatic rings. The molecule has 0 saturated heterocycles. The largest absolute Gasteiger partial charge is 0.497 e. The maximum Gasteiger partial charge on any atom is 0.142 e. The van der Waals surface area contributed by atoms with E-state index in [4.69, 9.17) is 15.2 Å². The fraction of sp³-hybridized carbons (Fsp3) is 0.400. The SMILES string of the molecule is CCC1CCc2nc(N)c(C#N)c(-c3cc(OC)cc(OC)c3)c2C1. The number of pyridine rings is 1. The van der Waals surface area contributed by atoms with Crippen LogP contribution in [0.2, 0.25) is 0 Å². The van der Waals surface area contributed by atoms with E-state index in [2.05, 4.69) is 18.0 Å². The summed E-state index contributed by atoms with van der Waals surface area (Å²) in [6.45, 7) is 2.21. The van der Waals surface area contributed by atoms with E-state index < -0.39 is 0 Å². The average molecular weight is 337 g/mol. The highest BCUT2D eigenvalue weighted by molar-refractivity contribution is 5.80. The molecule has 0 bridgehead atoms. The van der Waals surface area contributed by atoms with Crippen LogP contribution in [0.4, 0.5) is 5.82 Å². The Morgan fingerprint density at radius 1 is 1.24 bits per heavy atom. The molecule has 0 amide bonds. The number of nitrogen functional groups attached to an aromatic ring is 1. The second-order valence-corrected chi connectivity index (χ2v) is 6.40. The second-order valence-electron chi connectivity index (χ2n) is 6.40. The molecule has 1 aromatic heterocycles. The van der Waals surface area contributed by atoms with Crippen molar-refractivity contribution < 1.29 is 9.47 Å². The second kappa shape index (κ2) is 7.02. The van der Waals surface area contributed by atoms with Crippen LogP contribution < -0.4 is 15.2 Å². The molecule has 0 saturated carbocycles. The Morgan fingerprint density at radius 2 is 1.92 bits per heavy atom. The van der Waals surface area contributed by atoms with Crippen LogP contribution in [0.1, 0.15) is 36.6 Å². The zero-order chi connectivity index (χ0) is 18.0. The Bertz CT molecular complexity index is 818. The van der Waals surface area contributed by atoms with Gasteiger partial charge in [-0.3, -0.25) is 0 Å². The lowest BCUT2D eigenvalue weighted by Crippen LogP contribution is -2.18. The number of aromatic nitrogens is 1. The van der Waals surface area contributed by atoms with Crippen molar-refractivity contribution >= 4 is 5.82 Å². The van der Waals surface area contributed by atoms with Crippen molar-refractivity contribution in [2.75, 3.05) is 20.0 Å². The number of nitriles is 1. The van der Waals surface area contributed by atoms with Crippen molar-refractivity contribution in [2.24, 2.45) is 5.92 Å². The summed E-state index contributed by atoms with van der Waals surface area (Å²) in [5.74, 6) is 2.28. The van der Waals surface area contributed by atoms with Crippen molar-refractivity contribution in [2.45, 2.75) is 32.6 Å². The fourth-order valence-corrected chi connectivity index (χ4v) is 3.58. The maximum atomic E-state index is 9.71. The molecule has 1 atom stereocenters. The molecular formula is C20H23N3O2. The van der Waals surface area contributed by atoms with E-state index in [1.807, 2.05) is 18.2 Å². The molecule has 2 N–H and O–H groups in total. The summed E-state index contributed by atoms with van der Waals surface area (Å²) in [6, 6.07) is 7.92. The van der Waals surface area contributed by atoms with Crippen molar-refractivity contribution in [1.82, 2.24) is 4.98 Å². The van der Waals surface area contributed by atoms with Gasteiger partial charge in [0.15, 0.2) is 0 Å². The molecule has 1 unspecified atom stereocenters. The first-order valence-corrected chi connectivity index (χ1v) is 8.56. The number of anilines is 1. The number of hydrogen-bond acceptors (Lipinski definition) is 5. The van der Waals surface area contributed by atoms with Crippen molar-refractivity contribution in [3.05, 3.63) is 35.0 Å². The summed E-state index contributed by atoms with van der Waals surface area (Å²) in [5, 5.41) is 9.71. The Kier molecular flexibility index (Phi) is 4.80. The number of ether oxygens (including phenoxy) is 2. The molecule has 1 aliphatic carbocycles. The van der Waals surface area contributed by atoms with Crippen LogP contribution in [0, 0.1) is 17.2 Å². The molecule has 1 aromatic carbocycles. The molecule has 0 fully saturated rings. The number of methoxy groups -OCH3 is 2. The fourth-order valence-electron chi connectivity index (χ4n) is 3.58. The summed E-state index contributed by atoms with van der Waals surface area (Å²) in [6.07, 6.45) is 4.05. The molecule has 25 heavy (non-hydrogen) atoms. The summed E-state index contributed by atoms with van der Waals surface area (Å²) < 4.78 is 10.8. The van der Waals surface area contributed by atoms with Gasteiger partial charge < -0.3 is 15.2 Å². The minimum atomic E-state index is 0.299. The van der Waals surface area contributed by atoms with Crippen molar-refractivity contribution in [1.29, 1.82) is 5.26 Å². The van der Waals surface area contributed by atoms with Gasteiger partial charge >= 0.3 is 0 Å². The van der Waals surface area contributed by atoms with Crippen LogP contribution in [0.25, 0.3) is 11.1 Å². The van der Waals surface area contributed by atoms with E-state index >= 15 is 0 Å². The number of rotatable bonds is 4. The maximum absolute atomic E-state index is 9.71. The van der Waals surface area contributed by atoms with Gasteiger partial charge in [-0.2, -0.15) is 5.26 Å². The third-order valence-corrected chi connectivity index (χ3v) is 5.02.